The number of ketones is 1. The predicted molar refractivity (Wildman–Crippen MR) is 129 cm³/mol. The Morgan fingerprint density at radius 1 is 1.06 bits per heavy atom. The Bertz CT molecular complexity index is 1320. The van der Waals surface area contributed by atoms with E-state index in [2.05, 4.69) is 26.6 Å². The molecule has 1 heterocycles. The lowest BCUT2D eigenvalue weighted by atomic mass is 10.1. The van der Waals surface area contributed by atoms with Gasteiger partial charge in [0.15, 0.2) is 5.78 Å². The molecule has 0 aliphatic carbocycles. The van der Waals surface area contributed by atoms with Crippen LogP contribution in [0.3, 0.4) is 0 Å². The number of anilines is 2. The van der Waals surface area contributed by atoms with Gasteiger partial charge in [0.1, 0.15) is 11.3 Å². The summed E-state index contributed by atoms with van der Waals surface area (Å²) in [5, 5.41) is 7.06. The number of halogens is 2. The summed E-state index contributed by atoms with van der Waals surface area (Å²) < 4.78 is 11.7. The summed E-state index contributed by atoms with van der Waals surface area (Å²) in [6.07, 6.45) is 0. The van der Waals surface area contributed by atoms with E-state index in [1.807, 2.05) is 18.2 Å². The van der Waals surface area contributed by atoms with Crippen molar-refractivity contribution in [2.24, 2.45) is 0 Å². The summed E-state index contributed by atoms with van der Waals surface area (Å²) in [6, 6.07) is 19.2. The number of benzene rings is 3. The molecular formula is C24H18BrClN2O4. The van der Waals surface area contributed by atoms with Gasteiger partial charge < -0.3 is 19.8 Å². The molecular weight excluding hydrogens is 496 g/mol. The van der Waals surface area contributed by atoms with Crippen molar-refractivity contribution in [1.82, 2.24) is 0 Å². The Balaban J connectivity index is 1.59. The van der Waals surface area contributed by atoms with E-state index in [4.69, 9.17) is 20.8 Å². The number of Topliss-reactive ketones (excluding diaryl/α,β-unsaturated/α-hetero) is 1. The second-order valence-electron chi connectivity index (χ2n) is 6.89. The number of fused-ring (bicyclic) bond motifs is 1. The molecule has 0 fully saturated rings. The Morgan fingerprint density at radius 2 is 1.88 bits per heavy atom. The SMILES string of the molecule is COc1ccc(C(=O)CNc2c(C(=O)Nc3cccc(Cl)c3)oc3ccccc23)cc1Br. The Morgan fingerprint density at radius 3 is 2.62 bits per heavy atom. The number of nitrogens with one attached hydrogen (secondary N) is 2. The number of furan rings is 1. The van der Waals surface area contributed by atoms with Crippen molar-refractivity contribution in [3.63, 3.8) is 0 Å². The first-order valence-electron chi connectivity index (χ1n) is 9.65. The summed E-state index contributed by atoms with van der Waals surface area (Å²) in [7, 11) is 1.56. The zero-order chi connectivity index (χ0) is 22.7. The summed E-state index contributed by atoms with van der Waals surface area (Å²) in [5.41, 5.74) is 2.02. The third kappa shape index (κ3) is 4.64. The topological polar surface area (TPSA) is 80.6 Å². The molecule has 6 nitrogen and oxygen atoms in total. The molecule has 0 bridgehead atoms. The molecule has 0 radical (unpaired) electrons. The molecule has 4 aromatic rings. The van der Waals surface area contributed by atoms with Gasteiger partial charge in [-0.3, -0.25) is 9.59 Å². The van der Waals surface area contributed by atoms with Crippen molar-refractivity contribution in [3.8, 4) is 5.75 Å². The number of hydrogen-bond acceptors (Lipinski definition) is 5. The van der Waals surface area contributed by atoms with Gasteiger partial charge in [-0.1, -0.05) is 29.8 Å². The maximum absolute atomic E-state index is 13.0. The van der Waals surface area contributed by atoms with Gasteiger partial charge in [-0.25, -0.2) is 0 Å². The number of para-hydroxylation sites is 1. The van der Waals surface area contributed by atoms with Crippen LogP contribution >= 0.6 is 27.5 Å². The van der Waals surface area contributed by atoms with Crippen LogP contribution in [0.2, 0.25) is 5.02 Å². The number of rotatable bonds is 7. The van der Waals surface area contributed by atoms with E-state index in [1.165, 1.54) is 0 Å². The lowest BCUT2D eigenvalue weighted by molar-refractivity contribution is 0.0990. The normalized spacial score (nSPS) is 10.7. The Kier molecular flexibility index (Phi) is 6.48. The Hall–Kier alpha value is -3.29. The minimum absolute atomic E-state index is 0.0280. The lowest BCUT2D eigenvalue weighted by Crippen LogP contribution is -2.17. The lowest BCUT2D eigenvalue weighted by Gasteiger charge is -2.09. The smallest absolute Gasteiger partial charge is 0.293 e. The molecule has 1 amide bonds. The van der Waals surface area contributed by atoms with Crippen molar-refractivity contribution in [2.45, 2.75) is 0 Å². The molecule has 4 rings (SSSR count). The minimum atomic E-state index is -0.453. The number of carbonyl (C=O) groups is 2. The number of amides is 1. The van der Waals surface area contributed by atoms with Crippen LogP contribution in [0, 0.1) is 0 Å². The van der Waals surface area contributed by atoms with Crippen molar-refractivity contribution >= 4 is 61.6 Å². The molecule has 8 heteroatoms. The highest BCUT2D eigenvalue weighted by Gasteiger charge is 2.22. The summed E-state index contributed by atoms with van der Waals surface area (Å²) in [4.78, 5) is 25.7. The third-order valence-electron chi connectivity index (χ3n) is 4.78. The number of hydrogen-bond donors (Lipinski definition) is 2. The van der Waals surface area contributed by atoms with Crippen LogP contribution in [-0.2, 0) is 0 Å². The predicted octanol–water partition coefficient (Wildman–Crippen LogP) is 6.40. The quantitative estimate of drug-likeness (QED) is 0.279. The van der Waals surface area contributed by atoms with Gasteiger partial charge in [0.25, 0.3) is 5.91 Å². The van der Waals surface area contributed by atoms with Gasteiger partial charge in [0, 0.05) is 21.7 Å². The number of methoxy groups -OCH3 is 1. The van der Waals surface area contributed by atoms with Crippen LogP contribution < -0.4 is 15.4 Å². The fourth-order valence-corrected chi connectivity index (χ4v) is 3.98. The first-order valence-corrected chi connectivity index (χ1v) is 10.8. The van der Waals surface area contributed by atoms with Gasteiger partial charge in [0.05, 0.1) is 23.8 Å². The zero-order valence-corrected chi connectivity index (χ0v) is 19.3. The highest BCUT2D eigenvalue weighted by Crippen LogP contribution is 2.32. The fraction of sp³-hybridized carbons (Fsp3) is 0.0833. The largest absolute Gasteiger partial charge is 0.496 e. The van der Waals surface area contributed by atoms with E-state index >= 15 is 0 Å². The van der Waals surface area contributed by atoms with Crippen LogP contribution in [0.25, 0.3) is 11.0 Å². The number of carbonyl (C=O) groups excluding carboxylic acids is 2. The molecule has 2 N–H and O–H groups in total. The van der Waals surface area contributed by atoms with E-state index < -0.39 is 5.91 Å². The van der Waals surface area contributed by atoms with Crippen molar-refractivity contribution in [1.29, 1.82) is 0 Å². The standard InChI is InChI=1S/C24H18BrClN2O4/c1-31-21-10-9-14(11-18(21)25)19(29)13-27-22-17-7-2-3-8-20(17)32-23(22)24(30)28-16-6-4-5-15(26)12-16/h2-12,27H,13H2,1H3,(H,28,30). The van der Waals surface area contributed by atoms with Crippen molar-refractivity contribution in [3.05, 3.63) is 87.5 Å². The average Bonchev–Trinajstić information content (AvgIpc) is 3.16. The van der Waals surface area contributed by atoms with Crippen LogP contribution in [0.15, 0.2) is 75.6 Å². The maximum atomic E-state index is 13.0. The van der Waals surface area contributed by atoms with E-state index in [9.17, 15) is 9.59 Å². The summed E-state index contributed by atoms with van der Waals surface area (Å²) in [6.45, 7) is -0.0280. The molecule has 0 saturated carbocycles. The minimum Gasteiger partial charge on any atom is -0.496 e. The van der Waals surface area contributed by atoms with E-state index in [-0.39, 0.29) is 18.1 Å². The van der Waals surface area contributed by atoms with Crippen LogP contribution in [0.4, 0.5) is 11.4 Å². The average molecular weight is 514 g/mol. The summed E-state index contributed by atoms with van der Waals surface area (Å²) in [5.74, 6) is 0.107. The van der Waals surface area contributed by atoms with Crippen LogP contribution in [0.5, 0.6) is 5.75 Å². The Labute approximate surface area is 197 Å². The molecule has 162 valence electrons. The first kappa shape index (κ1) is 21.9. The maximum Gasteiger partial charge on any atom is 0.293 e. The highest BCUT2D eigenvalue weighted by molar-refractivity contribution is 9.10. The van der Waals surface area contributed by atoms with Crippen molar-refractivity contribution < 1.29 is 18.7 Å². The molecule has 0 spiro atoms. The molecule has 0 aliphatic rings. The molecule has 0 unspecified atom stereocenters. The van der Waals surface area contributed by atoms with E-state index in [0.29, 0.717) is 43.2 Å². The zero-order valence-electron chi connectivity index (χ0n) is 16.9. The van der Waals surface area contributed by atoms with E-state index in [0.717, 1.165) is 0 Å². The first-order chi connectivity index (χ1) is 15.5. The molecule has 32 heavy (non-hydrogen) atoms. The second-order valence-corrected chi connectivity index (χ2v) is 8.18. The van der Waals surface area contributed by atoms with Crippen LogP contribution in [0.1, 0.15) is 20.9 Å². The number of ether oxygens (including phenoxy) is 1. The monoisotopic (exact) mass is 512 g/mol. The fourth-order valence-electron chi connectivity index (χ4n) is 3.25. The molecule has 0 saturated heterocycles. The molecule has 1 aromatic heterocycles. The highest BCUT2D eigenvalue weighted by atomic mass is 79.9. The van der Waals surface area contributed by atoms with Gasteiger partial charge in [-0.2, -0.15) is 0 Å². The van der Waals surface area contributed by atoms with Gasteiger partial charge in [-0.15, -0.1) is 0 Å². The summed E-state index contributed by atoms with van der Waals surface area (Å²) >= 11 is 9.40. The molecule has 0 aliphatic heterocycles. The van der Waals surface area contributed by atoms with Gasteiger partial charge >= 0.3 is 0 Å². The second kappa shape index (κ2) is 9.46. The van der Waals surface area contributed by atoms with E-state index in [1.54, 1.807) is 55.6 Å². The van der Waals surface area contributed by atoms with Gasteiger partial charge in [0.2, 0.25) is 5.76 Å². The molecule has 3 aromatic carbocycles. The third-order valence-corrected chi connectivity index (χ3v) is 5.64. The van der Waals surface area contributed by atoms with Crippen LogP contribution in [-0.4, -0.2) is 25.3 Å². The molecule has 0 atom stereocenters. The van der Waals surface area contributed by atoms with Crippen molar-refractivity contribution in [2.75, 3.05) is 24.3 Å². The van der Waals surface area contributed by atoms with Gasteiger partial charge in [-0.05, 0) is 64.5 Å².